The van der Waals surface area contributed by atoms with Gasteiger partial charge in [0, 0.05) is 49.6 Å². The van der Waals surface area contributed by atoms with Crippen molar-refractivity contribution >= 4 is 39.0 Å². The molecule has 0 aliphatic carbocycles. The molecule has 0 radical (unpaired) electrons. The first kappa shape index (κ1) is 20.0. The molecule has 27 heavy (non-hydrogen) atoms. The van der Waals surface area contributed by atoms with Gasteiger partial charge in [-0.3, -0.25) is 14.5 Å². The summed E-state index contributed by atoms with van der Waals surface area (Å²) in [6.45, 7) is 5.97. The maximum absolute atomic E-state index is 12.4. The molecule has 0 unspecified atom stereocenters. The fourth-order valence-electron chi connectivity index (χ4n) is 2.99. The van der Waals surface area contributed by atoms with Gasteiger partial charge in [0.05, 0.1) is 3.79 Å². The molecular weight excluding hydrogens is 428 g/mol. The number of ether oxygens (including phenoxy) is 1. The van der Waals surface area contributed by atoms with Gasteiger partial charge in [0.15, 0.2) is 12.4 Å². The average molecular weight is 451 g/mol. The third-order valence-electron chi connectivity index (χ3n) is 4.59. The van der Waals surface area contributed by atoms with Crippen LogP contribution >= 0.6 is 27.3 Å². The lowest BCUT2D eigenvalue weighted by Crippen LogP contribution is -2.49. The second-order valence-corrected chi connectivity index (χ2v) is 9.00. The van der Waals surface area contributed by atoms with Crippen molar-refractivity contribution in [3.63, 3.8) is 0 Å². The Balaban J connectivity index is 1.42. The number of nitrogens with zero attached hydrogens (tertiary/aromatic N) is 2. The number of benzene rings is 1. The van der Waals surface area contributed by atoms with E-state index in [1.165, 1.54) is 4.88 Å². The molecule has 1 amide bonds. The van der Waals surface area contributed by atoms with Crippen LogP contribution in [0.1, 0.15) is 28.6 Å². The predicted molar refractivity (Wildman–Crippen MR) is 110 cm³/mol. The summed E-state index contributed by atoms with van der Waals surface area (Å²) < 4.78 is 6.74. The topological polar surface area (TPSA) is 49.9 Å². The summed E-state index contributed by atoms with van der Waals surface area (Å²) in [6, 6.07) is 11.2. The zero-order valence-corrected chi connectivity index (χ0v) is 17.7. The van der Waals surface area contributed by atoms with E-state index in [1.54, 1.807) is 35.6 Å². The third-order valence-corrected chi connectivity index (χ3v) is 6.20. The Morgan fingerprint density at radius 3 is 2.37 bits per heavy atom. The second-order valence-electron chi connectivity index (χ2n) is 6.45. The second kappa shape index (κ2) is 9.48. The van der Waals surface area contributed by atoms with E-state index < -0.39 is 0 Å². The Morgan fingerprint density at radius 2 is 1.78 bits per heavy atom. The van der Waals surface area contributed by atoms with Crippen LogP contribution in [0.15, 0.2) is 40.2 Å². The molecule has 1 aliphatic heterocycles. The number of amides is 1. The van der Waals surface area contributed by atoms with Crippen molar-refractivity contribution in [3.8, 4) is 5.75 Å². The Labute approximate surface area is 172 Å². The van der Waals surface area contributed by atoms with Gasteiger partial charge in [-0.2, -0.15) is 0 Å². The number of thiophene rings is 1. The van der Waals surface area contributed by atoms with Gasteiger partial charge in [0.1, 0.15) is 5.75 Å². The van der Waals surface area contributed by atoms with Crippen LogP contribution in [0.3, 0.4) is 0 Å². The molecule has 1 aromatic carbocycles. The Kier molecular flexibility index (Phi) is 7.04. The SMILES string of the molecule is CCC(=O)c1ccc(OCC(=O)N2CCN(Cc3ccc(Br)s3)CC2)cc1. The Morgan fingerprint density at radius 1 is 1.07 bits per heavy atom. The first-order valence-corrected chi connectivity index (χ1v) is 10.7. The molecule has 1 saturated heterocycles. The number of rotatable bonds is 7. The number of ketones is 1. The highest BCUT2D eigenvalue weighted by atomic mass is 79.9. The van der Waals surface area contributed by atoms with Crippen molar-refractivity contribution in [2.24, 2.45) is 0 Å². The van der Waals surface area contributed by atoms with Crippen LogP contribution in [-0.4, -0.2) is 54.3 Å². The van der Waals surface area contributed by atoms with Gasteiger partial charge in [-0.25, -0.2) is 0 Å². The number of Topliss-reactive ketones (excluding diaryl/α,β-unsaturated/α-hetero) is 1. The van der Waals surface area contributed by atoms with Gasteiger partial charge >= 0.3 is 0 Å². The summed E-state index contributed by atoms with van der Waals surface area (Å²) in [5, 5.41) is 0. The Bertz CT molecular complexity index is 783. The summed E-state index contributed by atoms with van der Waals surface area (Å²) in [5.74, 6) is 0.713. The number of carbonyl (C=O) groups is 2. The van der Waals surface area contributed by atoms with E-state index in [1.807, 2.05) is 11.8 Å². The van der Waals surface area contributed by atoms with E-state index in [0.29, 0.717) is 17.7 Å². The molecule has 144 valence electrons. The highest BCUT2D eigenvalue weighted by molar-refractivity contribution is 9.11. The van der Waals surface area contributed by atoms with Crippen molar-refractivity contribution < 1.29 is 14.3 Å². The average Bonchev–Trinajstić information content (AvgIpc) is 3.11. The quantitative estimate of drug-likeness (QED) is 0.601. The smallest absolute Gasteiger partial charge is 0.260 e. The summed E-state index contributed by atoms with van der Waals surface area (Å²) in [6.07, 6.45) is 0.481. The molecule has 3 rings (SSSR count). The normalized spacial score (nSPS) is 15.0. The van der Waals surface area contributed by atoms with Crippen LogP contribution in [0, 0.1) is 0 Å². The largest absolute Gasteiger partial charge is 0.484 e. The van der Waals surface area contributed by atoms with Crippen LogP contribution < -0.4 is 4.74 Å². The number of hydrogen-bond donors (Lipinski definition) is 0. The van der Waals surface area contributed by atoms with E-state index in [-0.39, 0.29) is 18.3 Å². The van der Waals surface area contributed by atoms with E-state index >= 15 is 0 Å². The first-order chi connectivity index (χ1) is 13.0. The monoisotopic (exact) mass is 450 g/mol. The zero-order chi connectivity index (χ0) is 19.2. The van der Waals surface area contributed by atoms with Crippen molar-refractivity contribution in [2.45, 2.75) is 19.9 Å². The lowest BCUT2D eigenvalue weighted by atomic mass is 10.1. The molecule has 2 aromatic rings. The molecule has 0 N–H and O–H groups in total. The molecule has 0 bridgehead atoms. The fraction of sp³-hybridized carbons (Fsp3) is 0.400. The van der Waals surface area contributed by atoms with E-state index in [4.69, 9.17) is 4.74 Å². The van der Waals surface area contributed by atoms with Crippen molar-refractivity contribution in [1.82, 2.24) is 9.80 Å². The number of halogens is 1. The molecule has 2 heterocycles. The van der Waals surface area contributed by atoms with Crippen LogP contribution in [0.2, 0.25) is 0 Å². The molecule has 5 nitrogen and oxygen atoms in total. The summed E-state index contributed by atoms with van der Waals surface area (Å²) in [7, 11) is 0. The molecular formula is C20H23BrN2O3S. The zero-order valence-electron chi connectivity index (χ0n) is 15.3. The maximum Gasteiger partial charge on any atom is 0.260 e. The molecule has 7 heteroatoms. The Hall–Kier alpha value is -1.70. The van der Waals surface area contributed by atoms with Gasteiger partial charge in [0.2, 0.25) is 0 Å². The van der Waals surface area contributed by atoms with Crippen LogP contribution in [0.4, 0.5) is 0 Å². The summed E-state index contributed by atoms with van der Waals surface area (Å²) in [4.78, 5) is 29.6. The number of hydrogen-bond acceptors (Lipinski definition) is 5. The lowest BCUT2D eigenvalue weighted by Gasteiger charge is -2.34. The molecule has 1 fully saturated rings. The van der Waals surface area contributed by atoms with E-state index in [0.717, 1.165) is 36.5 Å². The number of piperazine rings is 1. The van der Waals surface area contributed by atoms with Gasteiger partial charge in [-0.15, -0.1) is 11.3 Å². The van der Waals surface area contributed by atoms with Gasteiger partial charge in [-0.05, 0) is 52.3 Å². The molecule has 0 spiro atoms. The minimum absolute atomic E-state index is 0.00206. The highest BCUT2D eigenvalue weighted by Gasteiger charge is 2.21. The van der Waals surface area contributed by atoms with E-state index in [2.05, 4.69) is 33.0 Å². The van der Waals surface area contributed by atoms with Crippen LogP contribution in [0.25, 0.3) is 0 Å². The lowest BCUT2D eigenvalue weighted by molar-refractivity contribution is -0.135. The minimum atomic E-state index is 0.00206. The fourth-order valence-corrected chi connectivity index (χ4v) is 4.52. The standard InChI is InChI=1S/C20H23BrN2O3S/c1-2-18(24)15-3-5-16(6-4-15)26-14-20(25)23-11-9-22(10-12-23)13-17-7-8-19(21)27-17/h3-8H,2,9-14H2,1H3. The highest BCUT2D eigenvalue weighted by Crippen LogP contribution is 2.23. The molecule has 0 saturated carbocycles. The summed E-state index contributed by atoms with van der Waals surface area (Å²) >= 11 is 5.24. The maximum atomic E-state index is 12.4. The van der Waals surface area contributed by atoms with Crippen molar-refractivity contribution in [2.75, 3.05) is 32.8 Å². The van der Waals surface area contributed by atoms with Crippen molar-refractivity contribution in [1.29, 1.82) is 0 Å². The molecule has 1 aromatic heterocycles. The summed E-state index contributed by atoms with van der Waals surface area (Å²) in [5.41, 5.74) is 0.671. The van der Waals surface area contributed by atoms with Gasteiger partial charge < -0.3 is 9.64 Å². The number of carbonyl (C=O) groups excluding carboxylic acids is 2. The van der Waals surface area contributed by atoms with Gasteiger partial charge in [0.25, 0.3) is 5.91 Å². The molecule has 1 aliphatic rings. The third kappa shape index (κ3) is 5.64. The predicted octanol–water partition coefficient (Wildman–Crippen LogP) is 3.83. The van der Waals surface area contributed by atoms with Crippen LogP contribution in [0.5, 0.6) is 5.75 Å². The minimum Gasteiger partial charge on any atom is -0.484 e. The van der Waals surface area contributed by atoms with Crippen molar-refractivity contribution in [3.05, 3.63) is 50.6 Å². The van der Waals surface area contributed by atoms with Crippen LogP contribution in [-0.2, 0) is 11.3 Å². The molecule has 0 atom stereocenters. The first-order valence-electron chi connectivity index (χ1n) is 9.05. The van der Waals surface area contributed by atoms with Gasteiger partial charge in [-0.1, -0.05) is 6.92 Å². The van der Waals surface area contributed by atoms with E-state index in [9.17, 15) is 9.59 Å².